The van der Waals surface area contributed by atoms with Gasteiger partial charge in [-0.2, -0.15) is 0 Å². The van der Waals surface area contributed by atoms with Crippen LogP contribution in [-0.2, 0) is 0 Å². The molecule has 1 aromatic heterocycles. The molecule has 1 heterocycles. The Bertz CT molecular complexity index is 766. The lowest BCUT2D eigenvalue weighted by Crippen LogP contribution is -2.28. The Balaban J connectivity index is 2.09. The van der Waals surface area contributed by atoms with Crippen LogP contribution in [0.3, 0.4) is 0 Å². The first kappa shape index (κ1) is 14.2. The fourth-order valence-electron chi connectivity index (χ4n) is 2.56. The average Bonchev–Trinajstić information content (AvgIpc) is 2.91. The number of hydrazine groups is 1. The fraction of sp³-hybridized carbons (Fsp3) is 0.176. The first-order chi connectivity index (χ1) is 10.2. The first-order valence-electron chi connectivity index (χ1n) is 6.82. The van der Waals surface area contributed by atoms with Crippen LogP contribution in [0.4, 0.5) is 0 Å². The SMILES string of the molecule is CSc1ccccc1C(NN)c1cc2cc(C)ccc2o1. The van der Waals surface area contributed by atoms with E-state index < -0.39 is 0 Å². The molecule has 0 amide bonds. The van der Waals surface area contributed by atoms with Gasteiger partial charge in [0.15, 0.2) is 0 Å². The summed E-state index contributed by atoms with van der Waals surface area (Å²) in [5.41, 5.74) is 6.11. The number of nitrogens with one attached hydrogen (secondary N) is 1. The van der Waals surface area contributed by atoms with Crippen molar-refractivity contribution in [2.45, 2.75) is 17.9 Å². The summed E-state index contributed by atoms with van der Waals surface area (Å²) in [6.45, 7) is 2.08. The molecule has 0 aliphatic rings. The quantitative estimate of drug-likeness (QED) is 0.434. The molecule has 0 fully saturated rings. The molecule has 0 radical (unpaired) electrons. The fourth-order valence-corrected chi connectivity index (χ4v) is 3.19. The van der Waals surface area contributed by atoms with Gasteiger partial charge in [0.25, 0.3) is 0 Å². The minimum absolute atomic E-state index is 0.152. The molecular weight excluding hydrogens is 280 g/mol. The Kier molecular flexibility index (Phi) is 4.01. The zero-order valence-corrected chi connectivity index (χ0v) is 12.9. The maximum Gasteiger partial charge on any atom is 0.134 e. The monoisotopic (exact) mass is 298 g/mol. The number of nitrogens with two attached hydrogens (primary N) is 1. The molecule has 3 aromatic rings. The van der Waals surface area contributed by atoms with E-state index in [1.54, 1.807) is 11.8 Å². The van der Waals surface area contributed by atoms with Crippen LogP contribution in [0.5, 0.6) is 0 Å². The van der Waals surface area contributed by atoms with Gasteiger partial charge in [-0.3, -0.25) is 5.84 Å². The smallest absolute Gasteiger partial charge is 0.134 e. The summed E-state index contributed by atoms with van der Waals surface area (Å²) in [6.07, 6.45) is 2.06. The molecule has 1 atom stereocenters. The van der Waals surface area contributed by atoms with E-state index in [1.807, 2.05) is 18.2 Å². The van der Waals surface area contributed by atoms with E-state index in [4.69, 9.17) is 10.3 Å². The molecular formula is C17H18N2OS. The maximum absolute atomic E-state index is 5.98. The Hall–Kier alpha value is -1.75. The highest BCUT2D eigenvalue weighted by molar-refractivity contribution is 7.98. The molecule has 0 spiro atoms. The summed E-state index contributed by atoms with van der Waals surface area (Å²) < 4.78 is 5.98. The highest BCUT2D eigenvalue weighted by Gasteiger charge is 2.19. The van der Waals surface area contributed by atoms with Crippen molar-refractivity contribution in [2.75, 3.05) is 6.26 Å². The molecule has 21 heavy (non-hydrogen) atoms. The number of hydrogen-bond donors (Lipinski definition) is 2. The molecule has 108 valence electrons. The molecule has 3 rings (SSSR count). The van der Waals surface area contributed by atoms with Crippen molar-refractivity contribution in [2.24, 2.45) is 5.84 Å². The number of aryl methyl sites for hydroxylation is 1. The second kappa shape index (κ2) is 5.93. The zero-order chi connectivity index (χ0) is 14.8. The number of benzene rings is 2. The van der Waals surface area contributed by atoms with Crippen LogP contribution in [-0.4, -0.2) is 6.26 Å². The summed E-state index contributed by atoms with van der Waals surface area (Å²) in [5.74, 6) is 6.63. The predicted molar refractivity (Wildman–Crippen MR) is 88.3 cm³/mol. The van der Waals surface area contributed by atoms with E-state index in [1.165, 1.54) is 10.5 Å². The maximum atomic E-state index is 5.98. The van der Waals surface area contributed by atoms with Crippen LogP contribution < -0.4 is 11.3 Å². The van der Waals surface area contributed by atoms with Gasteiger partial charge in [0.05, 0.1) is 0 Å². The summed E-state index contributed by atoms with van der Waals surface area (Å²) in [4.78, 5) is 1.19. The molecule has 2 aromatic carbocycles. The van der Waals surface area contributed by atoms with E-state index in [0.29, 0.717) is 0 Å². The highest BCUT2D eigenvalue weighted by atomic mass is 32.2. The van der Waals surface area contributed by atoms with Gasteiger partial charge in [0.2, 0.25) is 0 Å². The van der Waals surface area contributed by atoms with Gasteiger partial charge >= 0.3 is 0 Å². The van der Waals surface area contributed by atoms with Gasteiger partial charge in [-0.05, 0) is 43.0 Å². The summed E-state index contributed by atoms with van der Waals surface area (Å²) in [7, 11) is 0. The van der Waals surface area contributed by atoms with Crippen molar-refractivity contribution < 1.29 is 4.42 Å². The number of thioether (sulfide) groups is 1. The van der Waals surface area contributed by atoms with Crippen molar-refractivity contribution in [3.63, 3.8) is 0 Å². The second-order valence-corrected chi connectivity index (χ2v) is 5.88. The van der Waals surface area contributed by atoms with E-state index in [0.717, 1.165) is 22.3 Å². The molecule has 0 bridgehead atoms. The summed E-state index contributed by atoms with van der Waals surface area (Å²) >= 11 is 1.71. The van der Waals surface area contributed by atoms with Crippen LogP contribution >= 0.6 is 11.8 Å². The Morgan fingerprint density at radius 3 is 2.71 bits per heavy atom. The van der Waals surface area contributed by atoms with Gasteiger partial charge in [-0.25, -0.2) is 5.43 Å². The average molecular weight is 298 g/mol. The molecule has 3 N–H and O–H groups in total. The number of rotatable bonds is 4. The van der Waals surface area contributed by atoms with Gasteiger partial charge in [-0.1, -0.05) is 29.8 Å². The van der Waals surface area contributed by atoms with Crippen molar-refractivity contribution in [3.8, 4) is 0 Å². The number of furan rings is 1. The third-order valence-electron chi connectivity index (χ3n) is 3.59. The van der Waals surface area contributed by atoms with E-state index in [2.05, 4.69) is 48.9 Å². The molecule has 4 heteroatoms. The van der Waals surface area contributed by atoms with Crippen LogP contribution in [0.1, 0.15) is 22.9 Å². The largest absolute Gasteiger partial charge is 0.459 e. The number of hydrogen-bond acceptors (Lipinski definition) is 4. The summed E-state index contributed by atoms with van der Waals surface area (Å²) in [6, 6.07) is 16.3. The molecule has 0 saturated heterocycles. The topological polar surface area (TPSA) is 51.2 Å². The molecule has 0 aliphatic carbocycles. The van der Waals surface area contributed by atoms with Crippen molar-refractivity contribution >= 4 is 22.7 Å². The minimum Gasteiger partial charge on any atom is -0.459 e. The van der Waals surface area contributed by atoms with Crippen LogP contribution in [0, 0.1) is 6.92 Å². The zero-order valence-electron chi connectivity index (χ0n) is 12.1. The highest BCUT2D eigenvalue weighted by Crippen LogP contribution is 2.32. The van der Waals surface area contributed by atoms with Crippen LogP contribution in [0.25, 0.3) is 11.0 Å². The molecule has 0 aliphatic heterocycles. The third kappa shape index (κ3) is 2.70. The second-order valence-electron chi connectivity index (χ2n) is 5.03. The van der Waals surface area contributed by atoms with Crippen molar-refractivity contribution in [1.82, 2.24) is 5.43 Å². The standard InChI is InChI=1S/C17H18N2OS/c1-11-7-8-14-12(9-11)10-15(20-14)17(19-18)13-5-3-4-6-16(13)21-2/h3-10,17,19H,18H2,1-2H3. The van der Waals surface area contributed by atoms with E-state index in [9.17, 15) is 0 Å². The Morgan fingerprint density at radius 1 is 1.14 bits per heavy atom. The molecule has 1 unspecified atom stereocenters. The van der Waals surface area contributed by atoms with E-state index >= 15 is 0 Å². The van der Waals surface area contributed by atoms with Crippen LogP contribution in [0.15, 0.2) is 57.8 Å². The predicted octanol–water partition coefficient (Wildman–Crippen LogP) is 4.02. The van der Waals surface area contributed by atoms with Crippen molar-refractivity contribution in [3.05, 3.63) is 65.4 Å². The van der Waals surface area contributed by atoms with Gasteiger partial charge in [0, 0.05) is 10.3 Å². The lowest BCUT2D eigenvalue weighted by Gasteiger charge is -2.16. The normalized spacial score (nSPS) is 12.7. The third-order valence-corrected chi connectivity index (χ3v) is 4.40. The first-order valence-corrected chi connectivity index (χ1v) is 8.04. The van der Waals surface area contributed by atoms with Crippen LogP contribution in [0.2, 0.25) is 0 Å². The Morgan fingerprint density at radius 2 is 1.95 bits per heavy atom. The Labute approximate surface area is 128 Å². The lowest BCUT2D eigenvalue weighted by atomic mass is 10.0. The van der Waals surface area contributed by atoms with Gasteiger partial charge in [-0.15, -0.1) is 11.8 Å². The van der Waals surface area contributed by atoms with Gasteiger partial charge in [0.1, 0.15) is 17.4 Å². The number of fused-ring (bicyclic) bond motifs is 1. The van der Waals surface area contributed by atoms with Crippen molar-refractivity contribution in [1.29, 1.82) is 0 Å². The molecule has 3 nitrogen and oxygen atoms in total. The minimum atomic E-state index is -0.152. The van der Waals surface area contributed by atoms with E-state index in [-0.39, 0.29) is 6.04 Å². The lowest BCUT2D eigenvalue weighted by molar-refractivity contribution is 0.474. The van der Waals surface area contributed by atoms with Gasteiger partial charge < -0.3 is 4.42 Å². The molecule has 0 saturated carbocycles. The summed E-state index contributed by atoms with van der Waals surface area (Å²) in [5, 5.41) is 1.10.